The minimum Gasteiger partial charge on any atom is -0.494 e. The molecular formula is C31H34N8O3. The molecule has 11 nitrogen and oxygen atoms in total. The number of carbonyl (C=O) groups excluding carboxylic acids is 1. The van der Waals surface area contributed by atoms with Crippen LogP contribution in [0, 0.1) is 17.2 Å². The van der Waals surface area contributed by atoms with Crippen LogP contribution in [0.2, 0.25) is 0 Å². The Morgan fingerprint density at radius 2 is 2.07 bits per heavy atom. The van der Waals surface area contributed by atoms with E-state index >= 15 is 0 Å². The van der Waals surface area contributed by atoms with E-state index in [4.69, 9.17) is 9.57 Å². The van der Waals surface area contributed by atoms with Gasteiger partial charge in [0.15, 0.2) is 5.82 Å². The number of nitriles is 1. The Balaban J connectivity index is 1.29. The lowest BCUT2D eigenvalue weighted by Gasteiger charge is -2.26. The molecule has 1 aromatic heterocycles. The van der Waals surface area contributed by atoms with Crippen molar-refractivity contribution in [1.29, 1.82) is 5.26 Å². The van der Waals surface area contributed by atoms with Crippen LogP contribution >= 0.6 is 0 Å². The molecule has 3 aliphatic rings. The summed E-state index contributed by atoms with van der Waals surface area (Å²) in [6.45, 7) is 7.08. The van der Waals surface area contributed by atoms with Gasteiger partial charge in [-0.15, -0.1) is 0 Å². The maximum atomic E-state index is 12.4. The average molecular weight is 567 g/mol. The van der Waals surface area contributed by atoms with Crippen LogP contribution in [0.1, 0.15) is 30.0 Å². The van der Waals surface area contributed by atoms with Crippen molar-refractivity contribution >= 4 is 34.6 Å². The predicted molar refractivity (Wildman–Crippen MR) is 161 cm³/mol. The number of aromatic nitrogens is 2. The number of nitrogens with zero attached hydrogens (tertiary/aromatic N) is 6. The Labute approximate surface area is 245 Å². The number of amides is 1. The van der Waals surface area contributed by atoms with E-state index in [0.29, 0.717) is 52.9 Å². The number of hydrogen-bond donors (Lipinski definition) is 2. The van der Waals surface area contributed by atoms with Gasteiger partial charge in [0.25, 0.3) is 0 Å². The number of anilines is 5. The van der Waals surface area contributed by atoms with Gasteiger partial charge in [-0.3, -0.25) is 9.63 Å². The molecule has 4 heterocycles. The molecule has 0 unspecified atom stereocenters. The number of hydroxylamine groups is 1. The van der Waals surface area contributed by atoms with Crippen LogP contribution in [0.25, 0.3) is 0 Å². The molecule has 0 radical (unpaired) electrons. The first-order chi connectivity index (χ1) is 20.5. The highest BCUT2D eigenvalue weighted by Crippen LogP contribution is 2.42. The van der Waals surface area contributed by atoms with Crippen molar-refractivity contribution in [1.82, 2.24) is 14.9 Å². The molecule has 3 saturated heterocycles. The van der Waals surface area contributed by atoms with Gasteiger partial charge >= 0.3 is 0 Å². The first-order valence-electron chi connectivity index (χ1n) is 14.1. The minimum absolute atomic E-state index is 0.0883. The van der Waals surface area contributed by atoms with Gasteiger partial charge in [0.05, 0.1) is 48.5 Å². The van der Waals surface area contributed by atoms with Crippen molar-refractivity contribution in [2.24, 2.45) is 5.92 Å². The second kappa shape index (κ2) is 11.7. The molecule has 3 aliphatic heterocycles. The van der Waals surface area contributed by atoms with Gasteiger partial charge in [0, 0.05) is 37.7 Å². The van der Waals surface area contributed by atoms with E-state index in [1.54, 1.807) is 24.3 Å². The van der Waals surface area contributed by atoms with Crippen LogP contribution in [0.15, 0.2) is 61.4 Å². The Hall–Kier alpha value is -4.66. The van der Waals surface area contributed by atoms with Gasteiger partial charge in [-0.05, 0) is 55.8 Å². The van der Waals surface area contributed by atoms with Gasteiger partial charge < -0.3 is 25.2 Å². The largest absolute Gasteiger partial charge is 0.494 e. The van der Waals surface area contributed by atoms with Crippen molar-refractivity contribution in [3.63, 3.8) is 0 Å². The third-order valence-corrected chi connectivity index (χ3v) is 8.37. The zero-order valence-corrected chi connectivity index (χ0v) is 23.8. The molecule has 2 aromatic carbocycles. The quantitative estimate of drug-likeness (QED) is 0.383. The van der Waals surface area contributed by atoms with E-state index in [9.17, 15) is 10.1 Å². The lowest BCUT2D eigenvalue weighted by molar-refractivity contribution is -0.111. The number of hydrogen-bond acceptors (Lipinski definition) is 10. The Bertz CT molecular complexity index is 1540. The molecular weight excluding hydrogens is 532 g/mol. The number of carbonyl (C=O) groups is 1. The number of methoxy groups -OCH3 is 1. The van der Waals surface area contributed by atoms with Crippen molar-refractivity contribution < 1.29 is 14.4 Å². The van der Waals surface area contributed by atoms with Crippen molar-refractivity contribution in [3.05, 3.63) is 72.6 Å². The molecule has 3 aromatic rings. The van der Waals surface area contributed by atoms with Crippen LogP contribution in [0.5, 0.6) is 5.75 Å². The zero-order chi connectivity index (χ0) is 29.2. The number of likely N-dealkylation sites (tertiary alicyclic amines) is 1. The molecule has 0 saturated carbocycles. The van der Waals surface area contributed by atoms with Crippen LogP contribution in [-0.4, -0.2) is 67.2 Å². The second-order valence-corrected chi connectivity index (χ2v) is 10.9. The van der Waals surface area contributed by atoms with E-state index in [1.165, 1.54) is 18.8 Å². The number of fused-ring (bicyclic) bond motifs is 1. The van der Waals surface area contributed by atoms with Crippen molar-refractivity contribution in [2.75, 3.05) is 61.0 Å². The highest BCUT2D eigenvalue weighted by atomic mass is 16.7. The average Bonchev–Trinajstić information content (AvgIpc) is 3.75. The molecule has 42 heavy (non-hydrogen) atoms. The molecule has 0 aliphatic carbocycles. The van der Waals surface area contributed by atoms with Crippen LogP contribution < -0.4 is 25.3 Å². The van der Waals surface area contributed by atoms with E-state index in [0.717, 1.165) is 37.3 Å². The maximum absolute atomic E-state index is 12.4. The summed E-state index contributed by atoms with van der Waals surface area (Å²) in [7, 11) is 3.80. The topological polar surface area (TPSA) is 119 Å². The van der Waals surface area contributed by atoms with Gasteiger partial charge in [-0.25, -0.2) is 15.0 Å². The van der Waals surface area contributed by atoms with Gasteiger partial charge in [0.2, 0.25) is 5.91 Å². The van der Waals surface area contributed by atoms with Gasteiger partial charge in [0.1, 0.15) is 17.9 Å². The first kappa shape index (κ1) is 27.5. The number of rotatable bonds is 8. The van der Waals surface area contributed by atoms with Crippen LogP contribution in [-0.2, 0) is 9.63 Å². The SMILES string of the molecule is C=CC(=O)Nc1cc(Nc2cc(N3OCC[C@@H]3c3cccc(C#N)c3)ncn2)c(OC)cc1N1C[C@@H]2CCN(C)[C@@H]2C1. The van der Waals surface area contributed by atoms with E-state index in [2.05, 4.69) is 50.1 Å². The molecule has 2 N–H and O–H groups in total. The lowest BCUT2D eigenvalue weighted by atomic mass is 10.0. The summed E-state index contributed by atoms with van der Waals surface area (Å²) in [6, 6.07) is 15.8. The molecule has 3 atom stereocenters. The summed E-state index contributed by atoms with van der Waals surface area (Å²) in [5.74, 6) is 2.05. The summed E-state index contributed by atoms with van der Waals surface area (Å²) in [5.41, 5.74) is 3.80. The van der Waals surface area contributed by atoms with Crippen LogP contribution in [0.4, 0.5) is 28.7 Å². The first-order valence-corrected chi connectivity index (χ1v) is 14.1. The fraction of sp³-hybridized carbons (Fsp3) is 0.355. The standard InChI is InChI=1S/C31H34N8O3/c1-4-31(40)36-23-13-24(28(41-3)14-26(23)38-17-22-8-10-37(2)27(22)18-38)35-29-15-30(34-19-33-29)39-25(9-11-42-39)21-7-5-6-20(12-21)16-32/h4-7,12-15,19,22,25,27H,1,8-11,17-18H2,2-3H3,(H,36,40)(H,33,34,35)/t22-,25+,27+/m0/s1. The molecule has 216 valence electrons. The summed E-state index contributed by atoms with van der Waals surface area (Å²) in [5, 5.41) is 17.5. The monoisotopic (exact) mass is 566 g/mol. The van der Waals surface area contributed by atoms with Crippen molar-refractivity contribution in [2.45, 2.75) is 24.9 Å². The lowest BCUT2D eigenvalue weighted by Crippen LogP contribution is -2.32. The second-order valence-electron chi connectivity index (χ2n) is 10.9. The summed E-state index contributed by atoms with van der Waals surface area (Å²) >= 11 is 0. The molecule has 0 bridgehead atoms. The molecule has 11 heteroatoms. The predicted octanol–water partition coefficient (Wildman–Crippen LogP) is 4.25. The summed E-state index contributed by atoms with van der Waals surface area (Å²) in [6.07, 6.45) is 4.67. The summed E-state index contributed by atoms with van der Waals surface area (Å²) in [4.78, 5) is 32.0. The molecule has 0 spiro atoms. The normalized spacial score (nSPS) is 21.6. The molecule has 3 fully saturated rings. The van der Waals surface area contributed by atoms with Gasteiger partial charge in [-0.2, -0.15) is 5.26 Å². The maximum Gasteiger partial charge on any atom is 0.247 e. The Kier molecular flexibility index (Phi) is 7.65. The van der Waals surface area contributed by atoms with E-state index in [-0.39, 0.29) is 11.9 Å². The van der Waals surface area contributed by atoms with E-state index < -0.39 is 0 Å². The third-order valence-electron chi connectivity index (χ3n) is 8.37. The van der Waals surface area contributed by atoms with Gasteiger partial charge in [-0.1, -0.05) is 18.7 Å². The highest BCUT2D eigenvalue weighted by molar-refractivity contribution is 6.02. The number of nitrogens with one attached hydrogen (secondary N) is 2. The Morgan fingerprint density at radius 3 is 2.86 bits per heavy atom. The zero-order valence-electron chi connectivity index (χ0n) is 23.8. The minimum atomic E-state index is -0.286. The summed E-state index contributed by atoms with van der Waals surface area (Å²) < 4.78 is 5.81. The number of ether oxygens (including phenoxy) is 1. The smallest absolute Gasteiger partial charge is 0.247 e. The fourth-order valence-electron chi connectivity index (χ4n) is 6.24. The van der Waals surface area contributed by atoms with Crippen LogP contribution in [0.3, 0.4) is 0 Å². The third kappa shape index (κ3) is 5.34. The van der Waals surface area contributed by atoms with E-state index in [1.807, 2.05) is 30.3 Å². The van der Waals surface area contributed by atoms with Crippen molar-refractivity contribution in [3.8, 4) is 11.8 Å². The number of benzene rings is 2. The fourth-order valence-corrected chi connectivity index (χ4v) is 6.24. The Morgan fingerprint density at radius 1 is 1.19 bits per heavy atom. The number of likely N-dealkylation sites (N-methyl/N-ethyl adjacent to an activating group) is 1. The molecule has 6 rings (SSSR count). The highest BCUT2D eigenvalue weighted by Gasteiger charge is 2.40. The molecule has 1 amide bonds.